The average Bonchev–Trinajstić information content (AvgIpc) is 2.20. The Morgan fingerprint density at radius 2 is 2.20 bits per heavy atom. The molecule has 0 radical (unpaired) electrons. The summed E-state index contributed by atoms with van der Waals surface area (Å²) in [6.45, 7) is 1.52. The van der Waals surface area contributed by atoms with E-state index < -0.39 is 18.0 Å². The average molecular weight is 236 g/mol. The SMILES string of the molecule is COC(=O)c1c(C(F)F)cnc(C)c1Cl. The van der Waals surface area contributed by atoms with Crippen molar-refractivity contribution in [2.24, 2.45) is 0 Å². The van der Waals surface area contributed by atoms with Crippen LogP contribution in [0.2, 0.25) is 5.02 Å². The second kappa shape index (κ2) is 4.53. The van der Waals surface area contributed by atoms with Gasteiger partial charge in [0, 0.05) is 6.20 Å². The topological polar surface area (TPSA) is 39.2 Å². The Morgan fingerprint density at radius 3 is 2.67 bits per heavy atom. The van der Waals surface area contributed by atoms with Crippen molar-refractivity contribution in [2.45, 2.75) is 13.3 Å². The molecular formula is C9H8ClF2NO2. The van der Waals surface area contributed by atoms with Crippen LogP contribution in [-0.2, 0) is 4.74 Å². The highest BCUT2D eigenvalue weighted by atomic mass is 35.5. The first kappa shape index (κ1) is 11.8. The lowest BCUT2D eigenvalue weighted by molar-refractivity contribution is 0.0589. The first-order valence-corrected chi connectivity index (χ1v) is 4.38. The van der Waals surface area contributed by atoms with Crippen LogP contribution in [0.15, 0.2) is 6.20 Å². The quantitative estimate of drug-likeness (QED) is 0.740. The Bertz CT molecular complexity index is 396. The van der Waals surface area contributed by atoms with E-state index in [2.05, 4.69) is 9.72 Å². The Balaban J connectivity index is 3.41. The number of hydrogen-bond donors (Lipinski definition) is 0. The highest BCUT2D eigenvalue weighted by Crippen LogP contribution is 2.29. The van der Waals surface area contributed by atoms with E-state index in [1.54, 1.807) is 0 Å². The monoisotopic (exact) mass is 235 g/mol. The largest absolute Gasteiger partial charge is 0.465 e. The van der Waals surface area contributed by atoms with E-state index in [-0.39, 0.29) is 10.6 Å². The number of aryl methyl sites for hydroxylation is 1. The van der Waals surface area contributed by atoms with Crippen molar-refractivity contribution in [1.29, 1.82) is 0 Å². The predicted octanol–water partition coefficient (Wildman–Crippen LogP) is 2.77. The number of hydrogen-bond acceptors (Lipinski definition) is 3. The summed E-state index contributed by atoms with van der Waals surface area (Å²) in [6, 6.07) is 0. The molecule has 1 aromatic rings. The van der Waals surface area contributed by atoms with Gasteiger partial charge in [0.05, 0.1) is 29.0 Å². The number of aromatic nitrogens is 1. The summed E-state index contributed by atoms with van der Waals surface area (Å²) < 4.78 is 29.4. The number of carbonyl (C=O) groups excluding carboxylic acids is 1. The Morgan fingerprint density at radius 1 is 1.60 bits per heavy atom. The van der Waals surface area contributed by atoms with Gasteiger partial charge in [-0.25, -0.2) is 13.6 Å². The molecule has 1 rings (SSSR count). The zero-order valence-corrected chi connectivity index (χ0v) is 8.81. The molecule has 0 saturated heterocycles. The van der Waals surface area contributed by atoms with E-state index in [4.69, 9.17) is 11.6 Å². The number of methoxy groups -OCH3 is 1. The van der Waals surface area contributed by atoms with Crippen LogP contribution in [0.1, 0.15) is 28.0 Å². The minimum absolute atomic E-state index is 0.0975. The molecule has 82 valence electrons. The van der Waals surface area contributed by atoms with E-state index in [1.807, 2.05) is 0 Å². The van der Waals surface area contributed by atoms with Crippen molar-refractivity contribution < 1.29 is 18.3 Å². The third-order valence-corrected chi connectivity index (χ3v) is 2.31. The fourth-order valence-electron chi connectivity index (χ4n) is 1.07. The van der Waals surface area contributed by atoms with Gasteiger partial charge in [-0.15, -0.1) is 0 Å². The molecule has 0 amide bonds. The Labute approximate surface area is 90.0 Å². The van der Waals surface area contributed by atoms with Crippen molar-refractivity contribution in [2.75, 3.05) is 7.11 Å². The molecule has 1 aromatic heterocycles. The molecule has 0 fully saturated rings. The second-order valence-corrected chi connectivity index (χ2v) is 3.16. The van der Waals surface area contributed by atoms with Crippen LogP contribution < -0.4 is 0 Å². The van der Waals surface area contributed by atoms with Crippen molar-refractivity contribution in [3.05, 3.63) is 28.0 Å². The molecule has 1 heterocycles. The third-order valence-electron chi connectivity index (χ3n) is 1.85. The zero-order valence-electron chi connectivity index (χ0n) is 8.05. The minimum atomic E-state index is -2.82. The van der Waals surface area contributed by atoms with Crippen LogP contribution in [0, 0.1) is 6.92 Å². The molecule has 3 nitrogen and oxygen atoms in total. The van der Waals surface area contributed by atoms with Crippen LogP contribution in [0.5, 0.6) is 0 Å². The number of halogens is 3. The van der Waals surface area contributed by atoms with E-state index in [1.165, 1.54) is 6.92 Å². The molecule has 0 bridgehead atoms. The predicted molar refractivity (Wildman–Crippen MR) is 50.3 cm³/mol. The summed E-state index contributed by atoms with van der Waals surface area (Å²) in [5, 5.41) is -0.0975. The van der Waals surface area contributed by atoms with Crippen molar-refractivity contribution in [3.8, 4) is 0 Å². The summed E-state index contributed by atoms with van der Waals surface area (Å²) in [7, 11) is 1.10. The highest BCUT2D eigenvalue weighted by Gasteiger charge is 2.23. The summed E-state index contributed by atoms with van der Waals surface area (Å²) in [4.78, 5) is 14.9. The number of esters is 1. The normalized spacial score (nSPS) is 10.5. The second-order valence-electron chi connectivity index (χ2n) is 2.78. The number of carbonyl (C=O) groups is 1. The summed E-state index contributed by atoms with van der Waals surface area (Å²) in [6.07, 6.45) is -1.89. The summed E-state index contributed by atoms with van der Waals surface area (Å²) in [5.74, 6) is -0.888. The third kappa shape index (κ3) is 2.23. The summed E-state index contributed by atoms with van der Waals surface area (Å²) in [5.41, 5.74) is -0.527. The number of pyridine rings is 1. The highest BCUT2D eigenvalue weighted by molar-refractivity contribution is 6.34. The molecule has 0 unspecified atom stereocenters. The molecule has 6 heteroatoms. The van der Waals surface area contributed by atoms with Gasteiger partial charge in [0.2, 0.25) is 0 Å². The van der Waals surface area contributed by atoms with Crippen LogP contribution in [0.3, 0.4) is 0 Å². The molecule has 0 spiro atoms. The lowest BCUT2D eigenvalue weighted by Crippen LogP contribution is -2.09. The van der Waals surface area contributed by atoms with Crippen molar-refractivity contribution >= 4 is 17.6 Å². The fraction of sp³-hybridized carbons (Fsp3) is 0.333. The number of alkyl halides is 2. The van der Waals surface area contributed by atoms with Gasteiger partial charge in [0.25, 0.3) is 6.43 Å². The van der Waals surface area contributed by atoms with E-state index in [0.717, 1.165) is 13.3 Å². The standard InChI is InChI=1S/C9H8ClF2NO2/c1-4-7(10)6(9(14)15-2)5(3-13-4)8(11)12/h3,8H,1-2H3. The molecule has 15 heavy (non-hydrogen) atoms. The Kier molecular flexibility index (Phi) is 3.57. The van der Waals surface area contributed by atoms with Crippen molar-refractivity contribution in [3.63, 3.8) is 0 Å². The molecule has 0 saturated carbocycles. The molecule has 0 aromatic carbocycles. The van der Waals surface area contributed by atoms with Gasteiger partial charge in [-0.3, -0.25) is 4.98 Å². The van der Waals surface area contributed by atoms with Crippen LogP contribution in [0.25, 0.3) is 0 Å². The molecule has 0 N–H and O–H groups in total. The molecule has 0 atom stereocenters. The lowest BCUT2D eigenvalue weighted by atomic mass is 10.1. The van der Waals surface area contributed by atoms with E-state index in [9.17, 15) is 13.6 Å². The van der Waals surface area contributed by atoms with Crippen LogP contribution in [-0.4, -0.2) is 18.1 Å². The molecular weight excluding hydrogens is 228 g/mol. The van der Waals surface area contributed by atoms with Gasteiger partial charge in [-0.05, 0) is 6.92 Å². The van der Waals surface area contributed by atoms with Crippen LogP contribution in [0.4, 0.5) is 8.78 Å². The number of ether oxygens (including phenoxy) is 1. The first-order chi connectivity index (χ1) is 6.99. The van der Waals surface area contributed by atoms with Gasteiger partial charge < -0.3 is 4.74 Å². The Hall–Kier alpha value is -1.23. The number of nitrogens with zero attached hydrogens (tertiary/aromatic N) is 1. The number of rotatable bonds is 2. The molecule has 0 aliphatic carbocycles. The molecule has 0 aliphatic rings. The fourth-order valence-corrected chi connectivity index (χ4v) is 1.31. The molecule has 0 aliphatic heterocycles. The minimum Gasteiger partial charge on any atom is -0.465 e. The lowest BCUT2D eigenvalue weighted by Gasteiger charge is -2.09. The zero-order chi connectivity index (χ0) is 11.6. The van der Waals surface area contributed by atoms with Gasteiger partial charge in [-0.2, -0.15) is 0 Å². The van der Waals surface area contributed by atoms with Gasteiger partial charge in [0.1, 0.15) is 0 Å². The van der Waals surface area contributed by atoms with Gasteiger partial charge in [0.15, 0.2) is 0 Å². The summed E-state index contributed by atoms with van der Waals surface area (Å²) >= 11 is 5.72. The van der Waals surface area contributed by atoms with Gasteiger partial charge >= 0.3 is 5.97 Å². The maximum absolute atomic E-state index is 12.5. The maximum Gasteiger partial charge on any atom is 0.339 e. The van der Waals surface area contributed by atoms with E-state index >= 15 is 0 Å². The first-order valence-electron chi connectivity index (χ1n) is 4.00. The smallest absolute Gasteiger partial charge is 0.339 e. The van der Waals surface area contributed by atoms with Crippen LogP contribution >= 0.6 is 11.6 Å². The van der Waals surface area contributed by atoms with E-state index in [0.29, 0.717) is 5.69 Å². The van der Waals surface area contributed by atoms with Gasteiger partial charge in [-0.1, -0.05) is 11.6 Å². The van der Waals surface area contributed by atoms with Crippen molar-refractivity contribution in [1.82, 2.24) is 4.98 Å². The maximum atomic E-state index is 12.5.